The smallest absolute Gasteiger partial charge is 0.0717 e. The summed E-state index contributed by atoms with van der Waals surface area (Å²) < 4.78 is 6.09. The molecule has 2 heteroatoms. The molecule has 0 spiro atoms. The number of hydrogen-bond donors (Lipinski definition) is 1. The third-order valence-electron chi connectivity index (χ3n) is 5.03. The molecule has 21 heavy (non-hydrogen) atoms. The largest absolute Gasteiger partial charge is 0.376 e. The van der Waals surface area contributed by atoms with Gasteiger partial charge in [0.05, 0.1) is 13.2 Å². The van der Waals surface area contributed by atoms with E-state index in [9.17, 15) is 0 Å². The Balaban J connectivity index is 1.48. The van der Waals surface area contributed by atoms with Gasteiger partial charge in [-0.15, -0.1) is 0 Å². The Morgan fingerprint density at radius 1 is 1.19 bits per heavy atom. The van der Waals surface area contributed by atoms with Crippen LogP contribution in [0.15, 0.2) is 30.3 Å². The summed E-state index contributed by atoms with van der Waals surface area (Å²) in [6, 6.07) is 10.5. The SMILES string of the molecule is CC(C)CNCC1(COCc2ccccc2)CC2CC2C1. The minimum Gasteiger partial charge on any atom is -0.376 e. The van der Waals surface area contributed by atoms with Crippen LogP contribution in [-0.2, 0) is 11.3 Å². The maximum absolute atomic E-state index is 6.09. The van der Waals surface area contributed by atoms with Crippen molar-refractivity contribution in [1.82, 2.24) is 5.32 Å². The number of rotatable bonds is 8. The molecule has 0 amide bonds. The minimum atomic E-state index is 0.400. The zero-order valence-corrected chi connectivity index (χ0v) is 13.5. The summed E-state index contributed by atoms with van der Waals surface area (Å²) in [4.78, 5) is 0. The highest BCUT2D eigenvalue weighted by atomic mass is 16.5. The van der Waals surface area contributed by atoms with Gasteiger partial charge in [0.25, 0.3) is 0 Å². The van der Waals surface area contributed by atoms with Gasteiger partial charge in [-0.05, 0) is 49.1 Å². The first-order valence-corrected chi connectivity index (χ1v) is 8.49. The Bertz CT molecular complexity index is 432. The summed E-state index contributed by atoms with van der Waals surface area (Å²) in [7, 11) is 0. The van der Waals surface area contributed by atoms with Gasteiger partial charge in [-0.3, -0.25) is 0 Å². The molecule has 1 aromatic carbocycles. The zero-order chi connectivity index (χ0) is 14.7. The van der Waals surface area contributed by atoms with Crippen LogP contribution in [0.5, 0.6) is 0 Å². The van der Waals surface area contributed by atoms with Crippen molar-refractivity contribution in [3.05, 3.63) is 35.9 Å². The number of benzene rings is 1. The highest BCUT2D eigenvalue weighted by Gasteiger charge is 2.53. The van der Waals surface area contributed by atoms with Crippen molar-refractivity contribution in [2.45, 2.75) is 39.7 Å². The van der Waals surface area contributed by atoms with Gasteiger partial charge in [0, 0.05) is 12.0 Å². The van der Waals surface area contributed by atoms with Crippen LogP contribution in [0.1, 0.15) is 38.7 Å². The molecule has 2 aliphatic rings. The summed E-state index contributed by atoms with van der Waals surface area (Å²) in [5.41, 5.74) is 1.68. The fourth-order valence-corrected chi connectivity index (χ4v) is 3.90. The molecule has 1 N–H and O–H groups in total. The standard InChI is InChI=1S/C19H29NO/c1-15(2)11-20-13-19(9-17-8-18(17)10-19)14-21-12-16-6-4-3-5-7-16/h3-7,15,17-18,20H,8-14H2,1-2H3. The molecule has 2 nitrogen and oxygen atoms in total. The van der Waals surface area contributed by atoms with Crippen molar-refractivity contribution in [2.75, 3.05) is 19.7 Å². The second-order valence-electron chi connectivity index (χ2n) is 7.67. The van der Waals surface area contributed by atoms with Crippen molar-refractivity contribution in [3.63, 3.8) is 0 Å². The van der Waals surface area contributed by atoms with Crippen molar-refractivity contribution < 1.29 is 4.74 Å². The fourth-order valence-electron chi connectivity index (χ4n) is 3.90. The normalized spacial score (nSPS) is 30.6. The first-order valence-electron chi connectivity index (χ1n) is 8.49. The third kappa shape index (κ3) is 4.08. The van der Waals surface area contributed by atoms with Crippen LogP contribution >= 0.6 is 0 Å². The van der Waals surface area contributed by atoms with E-state index in [1.165, 1.54) is 24.8 Å². The molecule has 1 aromatic rings. The summed E-state index contributed by atoms with van der Waals surface area (Å²) >= 11 is 0. The quantitative estimate of drug-likeness (QED) is 0.784. The van der Waals surface area contributed by atoms with Gasteiger partial charge in [0.1, 0.15) is 0 Å². The number of fused-ring (bicyclic) bond motifs is 1. The lowest BCUT2D eigenvalue weighted by atomic mass is 9.83. The van der Waals surface area contributed by atoms with Crippen LogP contribution < -0.4 is 5.32 Å². The van der Waals surface area contributed by atoms with E-state index < -0.39 is 0 Å². The van der Waals surface area contributed by atoms with Gasteiger partial charge < -0.3 is 10.1 Å². The van der Waals surface area contributed by atoms with Gasteiger partial charge in [-0.25, -0.2) is 0 Å². The van der Waals surface area contributed by atoms with Gasteiger partial charge in [0.2, 0.25) is 0 Å². The first-order chi connectivity index (χ1) is 10.2. The van der Waals surface area contributed by atoms with Crippen LogP contribution in [0.25, 0.3) is 0 Å². The van der Waals surface area contributed by atoms with Crippen molar-refractivity contribution >= 4 is 0 Å². The second kappa shape index (κ2) is 6.50. The molecule has 0 bridgehead atoms. The zero-order valence-electron chi connectivity index (χ0n) is 13.5. The molecule has 0 aliphatic heterocycles. The number of nitrogens with one attached hydrogen (secondary N) is 1. The molecule has 0 heterocycles. The molecule has 2 fully saturated rings. The Morgan fingerprint density at radius 2 is 1.90 bits per heavy atom. The van der Waals surface area contributed by atoms with Crippen LogP contribution in [0.2, 0.25) is 0 Å². The predicted molar refractivity (Wildman–Crippen MR) is 87.1 cm³/mol. The lowest BCUT2D eigenvalue weighted by molar-refractivity contribution is 0.0291. The van der Waals surface area contributed by atoms with Gasteiger partial charge >= 0.3 is 0 Å². The topological polar surface area (TPSA) is 21.3 Å². The Labute approximate surface area is 129 Å². The van der Waals surface area contributed by atoms with Crippen LogP contribution in [-0.4, -0.2) is 19.7 Å². The molecule has 2 atom stereocenters. The Kier molecular flexibility index (Phi) is 4.66. The molecular formula is C19H29NO. The molecule has 0 aromatic heterocycles. The summed E-state index contributed by atoms with van der Waals surface area (Å²) in [5, 5.41) is 3.68. The maximum atomic E-state index is 6.09. The van der Waals surface area contributed by atoms with Crippen molar-refractivity contribution in [1.29, 1.82) is 0 Å². The Morgan fingerprint density at radius 3 is 2.57 bits per heavy atom. The third-order valence-corrected chi connectivity index (χ3v) is 5.03. The van der Waals surface area contributed by atoms with Crippen LogP contribution in [0.3, 0.4) is 0 Å². The predicted octanol–water partition coefficient (Wildman–Crippen LogP) is 3.87. The van der Waals surface area contributed by atoms with E-state index in [0.29, 0.717) is 5.41 Å². The molecule has 2 saturated carbocycles. The van der Waals surface area contributed by atoms with Gasteiger partial charge in [-0.2, -0.15) is 0 Å². The van der Waals surface area contributed by atoms with E-state index >= 15 is 0 Å². The second-order valence-corrected chi connectivity index (χ2v) is 7.67. The fraction of sp³-hybridized carbons (Fsp3) is 0.684. The van der Waals surface area contributed by atoms with Gasteiger partial charge in [0.15, 0.2) is 0 Å². The molecule has 0 saturated heterocycles. The lowest BCUT2D eigenvalue weighted by Gasteiger charge is -2.31. The maximum Gasteiger partial charge on any atom is 0.0717 e. The summed E-state index contributed by atoms with van der Waals surface area (Å²) in [6.45, 7) is 8.47. The average molecular weight is 287 g/mol. The van der Waals surface area contributed by atoms with Crippen LogP contribution in [0.4, 0.5) is 0 Å². The summed E-state index contributed by atoms with van der Waals surface area (Å²) in [6.07, 6.45) is 4.22. The van der Waals surface area contributed by atoms with Crippen LogP contribution in [0, 0.1) is 23.2 Å². The van der Waals surface area contributed by atoms with Crippen molar-refractivity contribution in [2.24, 2.45) is 23.2 Å². The van der Waals surface area contributed by atoms with Crippen molar-refractivity contribution in [3.8, 4) is 0 Å². The first kappa shape index (κ1) is 15.1. The molecule has 116 valence electrons. The Hall–Kier alpha value is -0.860. The number of ether oxygens (including phenoxy) is 1. The van der Waals surface area contributed by atoms with E-state index in [1.807, 2.05) is 0 Å². The lowest BCUT2D eigenvalue weighted by Crippen LogP contribution is -2.38. The monoisotopic (exact) mass is 287 g/mol. The molecule has 0 radical (unpaired) electrons. The molecule has 2 aliphatic carbocycles. The molecule has 2 unspecified atom stereocenters. The van der Waals surface area contributed by atoms with Gasteiger partial charge in [-0.1, -0.05) is 44.2 Å². The van der Waals surface area contributed by atoms with E-state index in [0.717, 1.165) is 44.1 Å². The van der Waals surface area contributed by atoms with E-state index in [1.54, 1.807) is 0 Å². The highest BCUT2D eigenvalue weighted by Crippen LogP contribution is 2.59. The molecular weight excluding hydrogens is 258 g/mol. The molecule has 3 rings (SSSR count). The van der Waals surface area contributed by atoms with E-state index in [4.69, 9.17) is 4.74 Å². The highest BCUT2D eigenvalue weighted by molar-refractivity contribution is 5.13. The van der Waals surface area contributed by atoms with E-state index in [-0.39, 0.29) is 0 Å². The summed E-state index contributed by atoms with van der Waals surface area (Å²) in [5.74, 6) is 2.74. The minimum absolute atomic E-state index is 0.400. The average Bonchev–Trinajstić information content (AvgIpc) is 3.07. The van der Waals surface area contributed by atoms with E-state index in [2.05, 4.69) is 49.5 Å². The number of hydrogen-bond acceptors (Lipinski definition) is 2.